The van der Waals surface area contributed by atoms with Gasteiger partial charge >= 0.3 is 0 Å². The predicted molar refractivity (Wildman–Crippen MR) is 107 cm³/mol. The number of nitrogens with zero attached hydrogens (tertiary/aromatic N) is 3. The number of hydrogen-bond acceptors (Lipinski definition) is 4. The molecule has 1 aromatic carbocycles. The third-order valence-corrected chi connectivity index (χ3v) is 7.70. The van der Waals surface area contributed by atoms with Gasteiger partial charge in [-0.15, -0.1) is 0 Å². The molecular formula is C21H25N3O3S. The van der Waals surface area contributed by atoms with E-state index in [2.05, 4.69) is 4.98 Å². The Morgan fingerprint density at radius 3 is 2.50 bits per heavy atom. The Morgan fingerprint density at radius 1 is 1.00 bits per heavy atom. The lowest BCUT2D eigenvalue weighted by Crippen LogP contribution is -2.39. The minimum Gasteiger partial charge on any atom is -0.336 e. The summed E-state index contributed by atoms with van der Waals surface area (Å²) >= 11 is 0. The van der Waals surface area contributed by atoms with Gasteiger partial charge in [0.15, 0.2) is 0 Å². The van der Waals surface area contributed by atoms with Crippen LogP contribution >= 0.6 is 0 Å². The first-order valence-corrected chi connectivity index (χ1v) is 11.3. The van der Waals surface area contributed by atoms with E-state index < -0.39 is 15.4 Å². The van der Waals surface area contributed by atoms with Crippen molar-refractivity contribution in [2.24, 2.45) is 5.41 Å². The van der Waals surface area contributed by atoms with E-state index in [1.165, 1.54) is 4.31 Å². The Hall–Kier alpha value is -2.25. The maximum absolute atomic E-state index is 13.1. The van der Waals surface area contributed by atoms with Gasteiger partial charge in [-0.3, -0.25) is 9.78 Å². The van der Waals surface area contributed by atoms with Crippen LogP contribution in [0.5, 0.6) is 0 Å². The number of amides is 1. The zero-order valence-electron chi connectivity index (χ0n) is 15.8. The van der Waals surface area contributed by atoms with Gasteiger partial charge in [0.05, 0.1) is 23.4 Å². The predicted octanol–water partition coefficient (Wildman–Crippen LogP) is 2.08. The van der Waals surface area contributed by atoms with Gasteiger partial charge in [-0.1, -0.05) is 36.4 Å². The minimum absolute atomic E-state index is 0.0684. The van der Waals surface area contributed by atoms with Crippen LogP contribution in [0.1, 0.15) is 24.1 Å². The SMILES string of the molecule is O=C1N(Cc2ccccn2)CCC12CCN(S(=O)(=O)CCc1ccccc1)C2. The second-order valence-electron chi connectivity index (χ2n) is 7.71. The number of aryl methyl sites for hydroxylation is 1. The van der Waals surface area contributed by atoms with Crippen LogP contribution < -0.4 is 0 Å². The zero-order chi connectivity index (χ0) is 19.6. The van der Waals surface area contributed by atoms with Crippen molar-refractivity contribution in [3.63, 3.8) is 0 Å². The first kappa shape index (κ1) is 19.1. The average Bonchev–Trinajstić information content (AvgIpc) is 3.29. The summed E-state index contributed by atoms with van der Waals surface area (Å²) in [5.74, 6) is 0.151. The number of pyridine rings is 1. The smallest absolute Gasteiger partial charge is 0.230 e. The van der Waals surface area contributed by atoms with Gasteiger partial charge < -0.3 is 4.90 Å². The van der Waals surface area contributed by atoms with E-state index in [4.69, 9.17) is 0 Å². The van der Waals surface area contributed by atoms with E-state index in [9.17, 15) is 13.2 Å². The Balaban J connectivity index is 1.39. The molecule has 1 aromatic heterocycles. The molecule has 0 bridgehead atoms. The van der Waals surface area contributed by atoms with Crippen molar-refractivity contribution in [1.29, 1.82) is 0 Å². The molecule has 1 amide bonds. The summed E-state index contributed by atoms with van der Waals surface area (Å²) in [5, 5.41) is 0. The lowest BCUT2D eigenvalue weighted by molar-refractivity contribution is -0.135. The molecule has 3 heterocycles. The third kappa shape index (κ3) is 3.82. The minimum atomic E-state index is -3.37. The Kier molecular flexibility index (Phi) is 5.21. The summed E-state index contributed by atoms with van der Waals surface area (Å²) in [6.07, 6.45) is 3.53. The van der Waals surface area contributed by atoms with Crippen LogP contribution in [0.2, 0.25) is 0 Å². The van der Waals surface area contributed by atoms with E-state index in [1.54, 1.807) is 6.20 Å². The summed E-state index contributed by atoms with van der Waals surface area (Å²) in [5.41, 5.74) is 1.31. The van der Waals surface area contributed by atoms with Gasteiger partial charge in [0.25, 0.3) is 0 Å². The number of carbonyl (C=O) groups excluding carboxylic acids is 1. The molecule has 7 heteroatoms. The normalized spacial score (nSPS) is 23.0. The molecule has 2 fully saturated rings. The molecule has 2 aliphatic heterocycles. The largest absolute Gasteiger partial charge is 0.336 e. The van der Waals surface area contributed by atoms with Crippen molar-refractivity contribution in [3.05, 3.63) is 66.0 Å². The van der Waals surface area contributed by atoms with E-state index >= 15 is 0 Å². The van der Waals surface area contributed by atoms with Crippen molar-refractivity contribution in [1.82, 2.24) is 14.2 Å². The molecule has 1 atom stereocenters. The highest BCUT2D eigenvalue weighted by atomic mass is 32.2. The molecule has 0 saturated carbocycles. The van der Waals surface area contributed by atoms with Crippen LogP contribution in [-0.2, 0) is 27.8 Å². The Labute approximate surface area is 166 Å². The summed E-state index contributed by atoms with van der Waals surface area (Å²) < 4.78 is 27.2. The number of aromatic nitrogens is 1. The zero-order valence-corrected chi connectivity index (χ0v) is 16.6. The lowest BCUT2D eigenvalue weighted by Gasteiger charge is -2.23. The molecule has 0 N–H and O–H groups in total. The third-order valence-electron chi connectivity index (χ3n) is 5.88. The summed E-state index contributed by atoms with van der Waals surface area (Å²) in [6, 6.07) is 15.3. The van der Waals surface area contributed by atoms with Crippen LogP contribution in [0.3, 0.4) is 0 Å². The summed E-state index contributed by atoms with van der Waals surface area (Å²) in [7, 11) is -3.37. The average molecular weight is 400 g/mol. The van der Waals surface area contributed by atoms with Crippen LogP contribution in [0.15, 0.2) is 54.7 Å². The molecule has 2 saturated heterocycles. The van der Waals surface area contributed by atoms with Crippen molar-refractivity contribution < 1.29 is 13.2 Å². The van der Waals surface area contributed by atoms with Crippen molar-refractivity contribution in [2.45, 2.75) is 25.8 Å². The molecular weight excluding hydrogens is 374 g/mol. The molecule has 0 radical (unpaired) electrons. The molecule has 0 aliphatic carbocycles. The van der Waals surface area contributed by atoms with Crippen LogP contribution in [0, 0.1) is 5.41 Å². The number of benzene rings is 1. The van der Waals surface area contributed by atoms with Gasteiger partial charge in [0.1, 0.15) is 0 Å². The van der Waals surface area contributed by atoms with Gasteiger partial charge in [-0.25, -0.2) is 12.7 Å². The van der Waals surface area contributed by atoms with Crippen LogP contribution in [0.25, 0.3) is 0 Å². The van der Waals surface area contributed by atoms with Crippen molar-refractivity contribution in [2.75, 3.05) is 25.4 Å². The number of likely N-dealkylation sites (tertiary alicyclic amines) is 1. The fourth-order valence-electron chi connectivity index (χ4n) is 4.20. The Bertz CT molecular complexity index is 934. The number of sulfonamides is 1. The van der Waals surface area contributed by atoms with Gasteiger partial charge in [0, 0.05) is 25.8 Å². The highest BCUT2D eigenvalue weighted by Crippen LogP contribution is 2.42. The maximum Gasteiger partial charge on any atom is 0.230 e. The van der Waals surface area contributed by atoms with Crippen molar-refractivity contribution >= 4 is 15.9 Å². The maximum atomic E-state index is 13.1. The monoisotopic (exact) mass is 399 g/mol. The summed E-state index contributed by atoms with van der Waals surface area (Å²) in [4.78, 5) is 19.2. The van der Waals surface area contributed by atoms with Crippen LogP contribution in [-0.4, -0.2) is 53.9 Å². The lowest BCUT2D eigenvalue weighted by atomic mass is 9.86. The fraction of sp³-hybridized carbons (Fsp3) is 0.429. The van der Waals surface area contributed by atoms with E-state index in [0.717, 1.165) is 11.3 Å². The molecule has 2 aliphatic rings. The summed E-state index contributed by atoms with van der Waals surface area (Å²) in [6.45, 7) is 1.89. The number of rotatable bonds is 6. The van der Waals surface area contributed by atoms with Crippen LogP contribution in [0.4, 0.5) is 0 Å². The molecule has 2 aromatic rings. The standard InChI is InChI=1S/C21H25N3O3S/c25-20-21(10-13-23(20)16-19-8-4-5-12-22-19)11-14-24(17-21)28(26,27)15-9-18-6-2-1-3-7-18/h1-8,12H,9-11,13-17H2. The van der Waals surface area contributed by atoms with Gasteiger partial charge in [0.2, 0.25) is 15.9 Å². The van der Waals surface area contributed by atoms with Gasteiger partial charge in [-0.2, -0.15) is 0 Å². The molecule has 1 unspecified atom stereocenters. The molecule has 1 spiro atoms. The highest BCUT2D eigenvalue weighted by molar-refractivity contribution is 7.89. The van der Waals surface area contributed by atoms with Crippen molar-refractivity contribution in [3.8, 4) is 0 Å². The highest BCUT2D eigenvalue weighted by Gasteiger charge is 2.52. The molecule has 6 nitrogen and oxygen atoms in total. The van der Waals surface area contributed by atoms with E-state index in [0.29, 0.717) is 45.4 Å². The topological polar surface area (TPSA) is 70.6 Å². The van der Waals surface area contributed by atoms with E-state index in [-0.39, 0.29) is 11.7 Å². The first-order chi connectivity index (χ1) is 13.5. The number of carbonyl (C=O) groups is 1. The number of hydrogen-bond donors (Lipinski definition) is 0. The molecule has 148 valence electrons. The van der Waals surface area contributed by atoms with E-state index in [1.807, 2.05) is 53.4 Å². The first-order valence-electron chi connectivity index (χ1n) is 9.70. The second kappa shape index (κ2) is 7.64. The molecule has 4 rings (SSSR count). The molecule has 28 heavy (non-hydrogen) atoms. The fourth-order valence-corrected chi connectivity index (χ4v) is 5.77. The second-order valence-corrected chi connectivity index (χ2v) is 9.80. The quantitative estimate of drug-likeness (QED) is 0.746. The van der Waals surface area contributed by atoms with Gasteiger partial charge in [-0.05, 0) is 37.0 Å². The Morgan fingerprint density at radius 2 is 1.75 bits per heavy atom.